The van der Waals surface area contributed by atoms with Crippen LogP contribution in [0.25, 0.3) is 0 Å². The van der Waals surface area contributed by atoms with E-state index >= 15 is 0 Å². The summed E-state index contributed by atoms with van der Waals surface area (Å²) in [5, 5.41) is 5.71. The lowest BCUT2D eigenvalue weighted by Gasteiger charge is -2.40. The number of hydrogen-bond donors (Lipinski definition) is 2. The summed E-state index contributed by atoms with van der Waals surface area (Å²) < 4.78 is 5.91. The van der Waals surface area contributed by atoms with Crippen LogP contribution < -0.4 is 15.4 Å². The number of carbonyl (C=O) groups is 3. The van der Waals surface area contributed by atoms with E-state index in [0.29, 0.717) is 36.8 Å². The van der Waals surface area contributed by atoms with Crippen molar-refractivity contribution >= 4 is 23.5 Å². The highest BCUT2D eigenvalue weighted by Gasteiger charge is 2.53. The van der Waals surface area contributed by atoms with Gasteiger partial charge in [-0.3, -0.25) is 14.5 Å². The summed E-state index contributed by atoms with van der Waals surface area (Å²) in [6.07, 6.45) is 3.71. The highest BCUT2D eigenvalue weighted by Crippen LogP contribution is 2.43. The van der Waals surface area contributed by atoms with Gasteiger partial charge in [0.1, 0.15) is 17.8 Å². The van der Waals surface area contributed by atoms with Crippen molar-refractivity contribution < 1.29 is 19.1 Å². The normalized spacial score (nSPS) is 22.3. The first kappa shape index (κ1) is 24.8. The van der Waals surface area contributed by atoms with E-state index in [1.54, 1.807) is 18.2 Å². The summed E-state index contributed by atoms with van der Waals surface area (Å²) >= 11 is 0. The maximum Gasteiger partial charge on any atom is 0.325 e. The second-order valence-electron chi connectivity index (χ2n) is 10.7. The zero-order chi connectivity index (χ0) is 25.1. The van der Waals surface area contributed by atoms with Gasteiger partial charge in [0.05, 0.1) is 12.3 Å². The van der Waals surface area contributed by atoms with Crippen LogP contribution in [0.2, 0.25) is 0 Å². The van der Waals surface area contributed by atoms with Crippen molar-refractivity contribution in [2.75, 3.05) is 18.5 Å². The molecule has 1 spiro atoms. The van der Waals surface area contributed by atoms with Gasteiger partial charge < -0.3 is 15.4 Å². The molecule has 1 saturated carbocycles. The first-order valence-electron chi connectivity index (χ1n) is 12.4. The molecule has 186 valence electrons. The summed E-state index contributed by atoms with van der Waals surface area (Å²) in [6, 6.07) is 16.7. The van der Waals surface area contributed by atoms with Crippen LogP contribution in [0.15, 0.2) is 54.6 Å². The Morgan fingerprint density at radius 3 is 2.40 bits per heavy atom. The molecule has 0 radical (unpaired) electrons. The molecule has 0 unspecified atom stereocenters. The Morgan fingerprint density at radius 2 is 1.71 bits per heavy atom. The SMILES string of the molecule is CC(C)(C)C1CCC2(CC1)NC(=O)N(CC(=O)Nc1ccccc1OCCc1ccccc1)C2=O. The number of imide groups is 1. The molecule has 35 heavy (non-hydrogen) atoms. The molecule has 0 atom stereocenters. The van der Waals surface area contributed by atoms with Crippen LogP contribution in [0.5, 0.6) is 5.75 Å². The molecule has 2 aromatic rings. The summed E-state index contributed by atoms with van der Waals surface area (Å²) in [5.74, 6) is 0.324. The number of anilines is 1. The van der Waals surface area contributed by atoms with Gasteiger partial charge in [0.15, 0.2) is 0 Å². The summed E-state index contributed by atoms with van der Waals surface area (Å²) in [5.41, 5.74) is 0.970. The molecule has 2 N–H and O–H groups in total. The van der Waals surface area contributed by atoms with Crippen LogP contribution in [0.3, 0.4) is 0 Å². The number of benzene rings is 2. The van der Waals surface area contributed by atoms with E-state index in [-0.39, 0.29) is 17.9 Å². The molecule has 7 nitrogen and oxygen atoms in total. The first-order valence-corrected chi connectivity index (χ1v) is 12.4. The maximum absolute atomic E-state index is 13.2. The van der Waals surface area contributed by atoms with Crippen molar-refractivity contribution in [3.63, 3.8) is 0 Å². The lowest BCUT2D eigenvalue weighted by atomic mass is 9.67. The van der Waals surface area contributed by atoms with Crippen LogP contribution in [-0.2, 0) is 16.0 Å². The molecule has 1 heterocycles. The number of urea groups is 1. The lowest BCUT2D eigenvalue weighted by molar-refractivity contribution is -0.135. The quantitative estimate of drug-likeness (QED) is 0.562. The monoisotopic (exact) mass is 477 g/mol. The fourth-order valence-electron chi connectivity index (χ4n) is 5.09. The number of para-hydroxylation sites is 2. The summed E-state index contributed by atoms with van der Waals surface area (Å²) in [4.78, 5) is 39.7. The standard InChI is InChI=1S/C28H35N3O4/c1-27(2,3)21-13-16-28(17-14-21)25(33)31(26(34)30-28)19-24(32)29-22-11-7-8-12-23(22)35-18-15-20-9-5-4-6-10-20/h4-12,21H,13-19H2,1-3H3,(H,29,32)(H,30,34). The highest BCUT2D eigenvalue weighted by atomic mass is 16.5. The largest absolute Gasteiger partial charge is 0.491 e. The van der Waals surface area contributed by atoms with Gasteiger partial charge in [0.2, 0.25) is 5.91 Å². The van der Waals surface area contributed by atoms with E-state index in [1.807, 2.05) is 36.4 Å². The second kappa shape index (κ2) is 10.1. The van der Waals surface area contributed by atoms with E-state index in [0.717, 1.165) is 29.7 Å². The Morgan fingerprint density at radius 1 is 1.06 bits per heavy atom. The van der Waals surface area contributed by atoms with Gasteiger partial charge in [0, 0.05) is 6.42 Å². The lowest BCUT2D eigenvalue weighted by Crippen LogP contribution is -2.50. The second-order valence-corrected chi connectivity index (χ2v) is 10.7. The minimum absolute atomic E-state index is 0.170. The number of nitrogens with zero attached hydrogens (tertiary/aromatic N) is 1. The molecule has 1 aliphatic heterocycles. The molecule has 1 aliphatic carbocycles. The smallest absolute Gasteiger partial charge is 0.325 e. The highest BCUT2D eigenvalue weighted by molar-refractivity contribution is 6.10. The average Bonchev–Trinajstić information content (AvgIpc) is 3.04. The average molecular weight is 478 g/mol. The first-order chi connectivity index (χ1) is 16.7. The minimum atomic E-state index is -0.877. The number of carbonyl (C=O) groups excluding carboxylic acids is 3. The Kier molecular flexibility index (Phi) is 7.15. The Labute approximate surface area is 207 Å². The van der Waals surface area contributed by atoms with Gasteiger partial charge in [-0.05, 0) is 54.7 Å². The van der Waals surface area contributed by atoms with E-state index < -0.39 is 17.5 Å². The number of amides is 4. The van der Waals surface area contributed by atoms with Gasteiger partial charge in [-0.2, -0.15) is 0 Å². The number of hydrogen-bond acceptors (Lipinski definition) is 4. The van der Waals surface area contributed by atoms with Crippen LogP contribution in [0.1, 0.15) is 52.0 Å². The van der Waals surface area contributed by atoms with Crippen molar-refractivity contribution in [3.05, 3.63) is 60.2 Å². The van der Waals surface area contributed by atoms with Crippen molar-refractivity contribution in [1.29, 1.82) is 0 Å². The van der Waals surface area contributed by atoms with E-state index in [1.165, 1.54) is 0 Å². The molecular weight excluding hydrogens is 442 g/mol. The van der Waals surface area contributed by atoms with E-state index in [9.17, 15) is 14.4 Å². The Hall–Kier alpha value is -3.35. The molecule has 1 saturated heterocycles. The molecule has 0 bridgehead atoms. The van der Waals surface area contributed by atoms with E-state index in [4.69, 9.17) is 4.74 Å². The number of nitrogens with one attached hydrogen (secondary N) is 2. The molecule has 2 fully saturated rings. The fourth-order valence-corrected chi connectivity index (χ4v) is 5.09. The predicted molar refractivity (Wildman–Crippen MR) is 135 cm³/mol. The van der Waals surface area contributed by atoms with Gasteiger partial charge in [-0.15, -0.1) is 0 Å². The number of ether oxygens (including phenoxy) is 1. The van der Waals surface area contributed by atoms with Crippen molar-refractivity contribution in [1.82, 2.24) is 10.2 Å². The van der Waals surface area contributed by atoms with Crippen LogP contribution >= 0.6 is 0 Å². The van der Waals surface area contributed by atoms with E-state index in [2.05, 4.69) is 31.4 Å². The molecule has 2 aromatic carbocycles. The van der Waals surface area contributed by atoms with Crippen molar-refractivity contribution in [2.24, 2.45) is 11.3 Å². The molecule has 4 amide bonds. The van der Waals surface area contributed by atoms with Gasteiger partial charge >= 0.3 is 6.03 Å². The Balaban J connectivity index is 1.34. The third-order valence-corrected chi connectivity index (χ3v) is 7.26. The van der Waals surface area contributed by atoms with Gasteiger partial charge in [0.25, 0.3) is 5.91 Å². The Bertz CT molecular complexity index is 1070. The molecule has 0 aromatic heterocycles. The molecule has 7 heteroatoms. The predicted octanol–water partition coefficient (Wildman–Crippen LogP) is 4.77. The van der Waals surface area contributed by atoms with Crippen LogP contribution in [0, 0.1) is 11.3 Å². The fraction of sp³-hybridized carbons (Fsp3) is 0.464. The van der Waals surface area contributed by atoms with Gasteiger partial charge in [-0.1, -0.05) is 63.2 Å². The third-order valence-electron chi connectivity index (χ3n) is 7.26. The zero-order valence-corrected chi connectivity index (χ0v) is 20.8. The molecular formula is C28H35N3O4. The minimum Gasteiger partial charge on any atom is -0.491 e. The summed E-state index contributed by atoms with van der Waals surface area (Å²) in [7, 11) is 0. The zero-order valence-electron chi connectivity index (χ0n) is 20.8. The summed E-state index contributed by atoms with van der Waals surface area (Å²) in [6.45, 7) is 6.77. The number of rotatable bonds is 7. The van der Waals surface area contributed by atoms with Crippen molar-refractivity contribution in [2.45, 2.75) is 58.4 Å². The van der Waals surface area contributed by atoms with Gasteiger partial charge in [-0.25, -0.2) is 4.79 Å². The molecule has 4 rings (SSSR count). The van der Waals surface area contributed by atoms with Crippen LogP contribution in [0.4, 0.5) is 10.5 Å². The third kappa shape index (κ3) is 5.66. The van der Waals surface area contributed by atoms with Crippen molar-refractivity contribution in [3.8, 4) is 5.75 Å². The topological polar surface area (TPSA) is 87.7 Å². The van der Waals surface area contributed by atoms with Crippen LogP contribution in [-0.4, -0.2) is 41.4 Å². The maximum atomic E-state index is 13.2. The molecule has 2 aliphatic rings.